The maximum Gasteiger partial charge on any atom is 0.248 e. The summed E-state index contributed by atoms with van der Waals surface area (Å²) in [4.78, 5) is 15.1. The zero-order valence-electron chi connectivity index (χ0n) is 10.7. The first kappa shape index (κ1) is 13.2. The highest BCUT2D eigenvalue weighted by molar-refractivity contribution is 5.92. The molecule has 0 atom stereocenters. The third kappa shape index (κ3) is 4.19. The van der Waals surface area contributed by atoms with Crippen molar-refractivity contribution in [2.24, 2.45) is 5.73 Å². The maximum absolute atomic E-state index is 11.1. The molecule has 1 heterocycles. The number of primary amides is 1. The molecule has 0 saturated carbocycles. The average molecular weight is 255 g/mol. The number of nitrogens with one attached hydrogen (secondary N) is 1. The van der Waals surface area contributed by atoms with E-state index in [0.29, 0.717) is 5.56 Å². The zero-order chi connectivity index (χ0) is 13.5. The predicted molar refractivity (Wildman–Crippen MR) is 74.6 cm³/mol. The fourth-order valence-corrected chi connectivity index (χ4v) is 1.85. The van der Waals surface area contributed by atoms with Gasteiger partial charge in [0.15, 0.2) is 0 Å². The van der Waals surface area contributed by atoms with Crippen molar-refractivity contribution in [1.82, 2.24) is 10.3 Å². The van der Waals surface area contributed by atoms with Gasteiger partial charge in [0, 0.05) is 24.5 Å². The van der Waals surface area contributed by atoms with Crippen LogP contribution in [0.1, 0.15) is 21.5 Å². The molecule has 3 N–H and O–H groups in total. The lowest BCUT2D eigenvalue weighted by Gasteiger charge is -2.06. The van der Waals surface area contributed by atoms with Crippen molar-refractivity contribution in [2.75, 3.05) is 6.54 Å². The number of benzene rings is 1. The normalized spacial score (nSPS) is 10.3. The van der Waals surface area contributed by atoms with Crippen molar-refractivity contribution in [2.45, 2.75) is 13.0 Å². The summed E-state index contributed by atoms with van der Waals surface area (Å²) < 4.78 is 0. The summed E-state index contributed by atoms with van der Waals surface area (Å²) in [5, 5.41) is 3.34. The number of rotatable bonds is 6. The van der Waals surface area contributed by atoms with Gasteiger partial charge in [0.1, 0.15) is 0 Å². The minimum Gasteiger partial charge on any atom is -0.366 e. The van der Waals surface area contributed by atoms with Crippen LogP contribution < -0.4 is 11.1 Å². The van der Waals surface area contributed by atoms with Gasteiger partial charge in [0.25, 0.3) is 0 Å². The number of hydrogen-bond donors (Lipinski definition) is 2. The molecule has 4 nitrogen and oxygen atoms in total. The molecule has 0 unspecified atom stereocenters. The van der Waals surface area contributed by atoms with Crippen LogP contribution in [0.4, 0.5) is 0 Å². The molecular formula is C15H17N3O. The Morgan fingerprint density at radius 2 is 2.05 bits per heavy atom. The Hall–Kier alpha value is -2.20. The SMILES string of the molecule is NC(=O)c1cccc(CNCCc2cccnc2)c1. The quantitative estimate of drug-likeness (QED) is 0.769. The van der Waals surface area contributed by atoms with Gasteiger partial charge < -0.3 is 11.1 Å². The van der Waals surface area contributed by atoms with Gasteiger partial charge in [-0.25, -0.2) is 0 Å². The van der Waals surface area contributed by atoms with E-state index < -0.39 is 5.91 Å². The van der Waals surface area contributed by atoms with Crippen LogP contribution in [-0.4, -0.2) is 17.4 Å². The molecule has 2 aromatic rings. The summed E-state index contributed by atoms with van der Waals surface area (Å²) in [5.41, 5.74) is 8.06. The Kier molecular flexibility index (Phi) is 4.64. The van der Waals surface area contributed by atoms with Crippen molar-refractivity contribution in [3.05, 3.63) is 65.5 Å². The summed E-state index contributed by atoms with van der Waals surface area (Å²) in [6, 6.07) is 11.4. The van der Waals surface area contributed by atoms with E-state index >= 15 is 0 Å². The third-order valence-electron chi connectivity index (χ3n) is 2.85. The van der Waals surface area contributed by atoms with E-state index in [1.165, 1.54) is 5.56 Å². The molecule has 0 fully saturated rings. The predicted octanol–water partition coefficient (Wildman–Crippen LogP) is 1.51. The van der Waals surface area contributed by atoms with Gasteiger partial charge in [-0.15, -0.1) is 0 Å². The van der Waals surface area contributed by atoms with Gasteiger partial charge in [0.2, 0.25) is 5.91 Å². The number of hydrogen-bond acceptors (Lipinski definition) is 3. The Bertz CT molecular complexity index is 540. The van der Waals surface area contributed by atoms with Crippen molar-refractivity contribution >= 4 is 5.91 Å². The van der Waals surface area contributed by atoms with Crippen LogP contribution in [0.25, 0.3) is 0 Å². The second kappa shape index (κ2) is 6.66. The molecule has 0 saturated heterocycles. The molecule has 4 heteroatoms. The number of amides is 1. The van der Waals surface area contributed by atoms with E-state index in [2.05, 4.69) is 16.4 Å². The first-order chi connectivity index (χ1) is 9.25. The molecule has 0 radical (unpaired) electrons. The molecular weight excluding hydrogens is 238 g/mol. The molecule has 19 heavy (non-hydrogen) atoms. The van der Waals surface area contributed by atoms with E-state index in [-0.39, 0.29) is 0 Å². The maximum atomic E-state index is 11.1. The van der Waals surface area contributed by atoms with E-state index in [0.717, 1.165) is 25.1 Å². The number of pyridine rings is 1. The molecule has 1 aromatic carbocycles. The van der Waals surface area contributed by atoms with Gasteiger partial charge >= 0.3 is 0 Å². The van der Waals surface area contributed by atoms with Crippen molar-refractivity contribution in [3.63, 3.8) is 0 Å². The molecule has 1 amide bonds. The average Bonchev–Trinajstić information content (AvgIpc) is 2.45. The summed E-state index contributed by atoms with van der Waals surface area (Å²) in [7, 11) is 0. The highest BCUT2D eigenvalue weighted by Crippen LogP contribution is 2.04. The lowest BCUT2D eigenvalue weighted by molar-refractivity contribution is 0.1000. The molecule has 0 aliphatic rings. The highest BCUT2D eigenvalue weighted by atomic mass is 16.1. The third-order valence-corrected chi connectivity index (χ3v) is 2.85. The first-order valence-electron chi connectivity index (χ1n) is 6.24. The van der Waals surface area contributed by atoms with Crippen LogP contribution in [0.15, 0.2) is 48.8 Å². The van der Waals surface area contributed by atoms with Crippen molar-refractivity contribution in [1.29, 1.82) is 0 Å². The largest absolute Gasteiger partial charge is 0.366 e. The molecule has 0 bridgehead atoms. The fourth-order valence-electron chi connectivity index (χ4n) is 1.85. The topological polar surface area (TPSA) is 68.0 Å². The van der Waals surface area contributed by atoms with E-state index in [4.69, 9.17) is 5.73 Å². The number of carbonyl (C=O) groups excluding carboxylic acids is 1. The van der Waals surface area contributed by atoms with Crippen molar-refractivity contribution in [3.8, 4) is 0 Å². The highest BCUT2D eigenvalue weighted by Gasteiger charge is 2.00. The Balaban J connectivity index is 1.80. The van der Waals surface area contributed by atoms with E-state index in [9.17, 15) is 4.79 Å². The standard InChI is InChI=1S/C15H17N3O/c16-15(19)14-5-1-3-13(9-14)11-18-8-6-12-4-2-7-17-10-12/h1-5,7,9-10,18H,6,8,11H2,(H2,16,19). The Labute approximate surface area is 112 Å². The summed E-state index contributed by atoms with van der Waals surface area (Å²) in [6.45, 7) is 1.59. The van der Waals surface area contributed by atoms with Crippen LogP contribution in [0, 0.1) is 0 Å². The van der Waals surface area contributed by atoms with Gasteiger partial charge in [-0.3, -0.25) is 9.78 Å². The van der Waals surface area contributed by atoms with Crippen LogP contribution in [0.5, 0.6) is 0 Å². The van der Waals surface area contributed by atoms with Crippen LogP contribution in [0.2, 0.25) is 0 Å². The summed E-state index contributed by atoms with van der Waals surface area (Å²) in [6.07, 6.45) is 4.57. The molecule has 2 rings (SSSR count). The van der Waals surface area contributed by atoms with Crippen LogP contribution in [0.3, 0.4) is 0 Å². The smallest absolute Gasteiger partial charge is 0.248 e. The number of nitrogens with zero attached hydrogens (tertiary/aromatic N) is 1. The van der Waals surface area contributed by atoms with E-state index in [1.54, 1.807) is 12.3 Å². The Morgan fingerprint density at radius 1 is 1.21 bits per heavy atom. The molecule has 1 aromatic heterocycles. The lowest BCUT2D eigenvalue weighted by Crippen LogP contribution is -2.17. The van der Waals surface area contributed by atoms with Gasteiger partial charge in [-0.1, -0.05) is 18.2 Å². The second-order valence-electron chi connectivity index (χ2n) is 4.35. The second-order valence-corrected chi connectivity index (χ2v) is 4.35. The summed E-state index contributed by atoms with van der Waals surface area (Å²) >= 11 is 0. The monoisotopic (exact) mass is 255 g/mol. The Morgan fingerprint density at radius 3 is 2.79 bits per heavy atom. The molecule has 0 spiro atoms. The number of nitrogens with two attached hydrogens (primary N) is 1. The fraction of sp³-hybridized carbons (Fsp3) is 0.200. The van der Waals surface area contributed by atoms with Crippen LogP contribution >= 0.6 is 0 Å². The zero-order valence-corrected chi connectivity index (χ0v) is 10.7. The molecule has 98 valence electrons. The number of carbonyl (C=O) groups is 1. The van der Waals surface area contributed by atoms with Gasteiger partial charge in [0.05, 0.1) is 0 Å². The molecule has 0 aliphatic heterocycles. The molecule has 0 aliphatic carbocycles. The van der Waals surface area contributed by atoms with Crippen molar-refractivity contribution < 1.29 is 4.79 Å². The minimum atomic E-state index is -0.391. The summed E-state index contributed by atoms with van der Waals surface area (Å²) in [5.74, 6) is -0.391. The van der Waals surface area contributed by atoms with Gasteiger partial charge in [-0.05, 0) is 42.3 Å². The van der Waals surface area contributed by atoms with Gasteiger partial charge in [-0.2, -0.15) is 0 Å². The lowest BCUT2D eigenvalue weighted by atomic mass is 10.1. The first-order valence-corrected chi connectivity index (χ1v) is 6.24. The minimum absolute atomic E-state index is 0.391. The van der Waals surface area contributed by atoms with Crippen LogP contribution in [-0.2, 0) is 13.0 Å². The van der Waals surface area contributed by atoms with E-state index in [1.807, 2.05) is 30.5 Å². The number of aromatic nitrogens is 1.